The molecule has 1 aromatic heterocycles. The second-order valence-electron chi connectivity index (χ2n) is 5.75. The van der Waals surface area contributed by atoms with Crippen molar-refractivity contribution in [3.63, 3.8) is 0 Å². The number of carbonyl (C=O) groups is 1. The molecule has 22 heavy (non-hydrogen) atoms. The van der Waals surface area contributed by atoms with Gasteiger partial charge in [-0.2, -0.15) is 0 Å². The van der Waals surface area contributed by atoms with Crippen molar-refractivity contribution in [1.82, 2.24) is 5.32 Å². The first-order chi connectivity index (χ1) is 10.4. The third kappa shape index (κ3) is 2.76. The van der Waals surface area contributed by atoms with Gasteiger partial charge >= 0.3 is 5.97 Å². The molecule has 2 unspecified atom stereocenters. The standard InChI is InChI=1S/C16H16FNO3S/c1-16(2)13(15(19)20)18-14(22-16)12-8-7-11(21-12)9-3-5-10(17)6-4-9/h3-8,13-14,18H,1-2H3,(H,19,20). The van der Waals surface area contributed by atoms with Crippen LogP contribution in [0, 0.1) is 5.82 Å². The van der Waals surface area contributed by atoms with Gasteiger partial charge in [0.1, 0.15) is 28.8 Å². The molecule has 1 aliphatic heterocycles. The van der Waals surface area contributed by atoms with E-state index in [1.54, 1.807) is 12.1 Å². The highest BCUT2D eigenvalue weighted by atomic mass is 32.2. The summed E-state index contributed by atoms with van der Waals surface area (Å²) in [6.45, 7) is 3.79. The van der Waals surface area contributed by atoms with Crippen molar-refractivity contribution < 1.29 is 18.7 Å². The van der Waals surface area contributed by atoms with Gasteiger partial charge < -0.3 is 9.52 Å². The minimum absolute atomic E-state index is 0.217. The second kappa shape index (κ2) is 5.44. The number of thioether (sulfide) groups is 1. The number of furan rings is 1. The zero-order chi connectivity index (χ0) is 15.9. The molecular weight excluding hydrogens is 305 g/mol. The van der Waals surface area contributed by atoms with E-state index in [0.717, 1.165) is 5.56 Å². The molecule has 116 valence electrons. The first kappa shape index (κ1) is 15.1. The molecule has 0 bridgehead atoms. The number of halogens is 1. The summed E-state index contributed by atoms with van der Waals surface area (Å²) in [5.41, 5.74) is 0.782. The Morgan fingerprint density at radius 2 is 1.95 bits per heavy atom. The van der Waals surface area contributed by atoms with Crippen LogP contribution in [-0.4, -0.2) is 21.9 Å². The number of aliphatic carboxylic acids is 1. The molecule has 2 atom stereocenters. The monoisotopic (exact) mass is 321 g/mol. The quantitative estimate of drug-likeness (QED) is 0.903. The number of rotatable bonds is 3. The van der Waals surface area contributed by atoms with E-state index in [-0.39, 0.29) is 11.2 Å². The Kier molecular flexibility index (Phi) is 3.74. The van der Waals surface area contributed by atoms with Crippen molar-refractivity contribution in [2.45, 2.75) is 30.0 Å². The minimum Gasteiger partial charge on any atom is -0.480 e. The fourth-order valence-corrected chi connectivity index (χ4v) is 3.89. The lowest BCUT2D eigenvalue weighted by atomic mass is 10.0. The molecule has 2 N–H and O–H groups in total. The molecule has 1 aliphatic rings. The van der Waals surface area contributed by atoms with Gasteiger partial charge in [0.05, 0.1) is 0 Å². The Balaban J connectivity index is 1.83. The van der Waals surface area contributed by atoms with Crippen molar-refractivity contribution in [3.8, 4) is 11.3 Å². The van der Waals surface area contributed by atoms with Gasteiger partial charge in [-0.25, -0.2) is 4.39 Å². The van der Waals surface area contributed by atoms with Gasteiger partial charge in [-0.1, -0.05) is 0 Å². The molecule has 2 aromatic rings. The summed E-state index contributed by atoms with van der Waals surface area (Å²) in [7, 11) is 0. The number of benzene rings is 1. The molecule has 4 nitrogen and oxygen atoms in total. The van der Waals surface area contributed by atoms with Crippen LogP contribution >= 0.6 is 11.8 Å². The number of hydrogen-bond acceptors (Lipinski definition) is 4. The summed E-state index contributed by atoms with van der Waals surface area (Å²) in [5, 5.41) is 12.1. The predicted molar refractivity (Wildman–Crippen MR) is 83.1 cm³/mol. The van der Waals surface area contributed by atoms with Crippen LogP contribution in [0.3, 0.4) is 0 Å². The third-order valence-corrected chi connectivity index (χ3v) is 5.14. The highest BCUT2D eigenvalue weighted by molar-refractivity contribution is 8.01. The zero-order valence-corrected chi connectivity index (χ0v) is 13.0. The van der Waals surface area contributed by atoms with Crippen LogP contribution in [0.25, 0.3) is 11.3 Å². The lowest BCUT2D eigenvalue weighted by Gasteiger charge is -2.20. The third-order valence-electron chi connectivity index (χ3n) is 3.70. The number of carboxylic acids is 1. The first-order valence-corrected chi connectivity index (χ1v) is 7.77. The van der Waals surface area contributed by atoms with E-state index >= 15 is 0 Å². The summed E-state index contributed by atoms with van der Waals surface area (Å²) in [6.07, 6.45) is 0. The van der Waals surface area contributed by atoms with Crippen molar-refractivity contribution in [3.05, 3.63) is 48.0 Å². The predicted octanol–water partition coefficient (Wildman–Crippen LogP) is 3.65. The van der Waals surface area contributed by atoms with Gasteiger partial charge in [-0.05, 0) is 50.2 Å². The molecule has 2 heterocycles. The molecule has 0 radical (unpaired) electrons. The van der Waals surface area contributed by atoms with E-state index in [1.165, 1.54) is 23.9 Å². The van der Waals surface area contributed by atoms with E-state index in [1.807, 2.05) is 26.0 Å². The van der Waals surface area contributed by atoms with Crippen LogP contribution in [-0.2, 0) is 4.79 Å². The van der Waals surface area contributed by atoms with Gasteiger partial charge in [0.25, 0.3) is 0 Å². The first-order valence-electron chi connectivity index (χ1n) is 6.89. The summed E-state index contributed by atoms with van der Waals surface area (Å²) >= 11 is 1.52. The minimum atomic E-state index is -0.870. The molecule has 0 amide bonds. The van der Waals surface area contributed by atoms with E-state index in [4.69, 9.17) is 4.42 Å². The smallest absolute Gasteiger partial charge is 0.322 e. The van der Waals surface area contributed by atoms with Gasteiger partial charge in [0, 0.05) is 10.3 Å². The van der Waals surface area contributed by atoms with Gasteiger partial charge in [0.2, 0.25) is 0 Å². The van der Waals surface area contributed by atoms with Crippen LogP contribution < -0.4 is 5.32 Å². The van der Waals surface area contributed by atoms with Crippen molar-refractivity contribution in [2.75, 3.05) is 0 Å². The summed E-state index contributed by atoms with van der Waals surface area (Å²) in [4.78, 5) is 11.3. The Morgan fingerprint density at radius 3 is 2.55 bits per heavy atom. The van der Waals surface area contributed by atoms with Crippen LogP contribution in [0.2, 0.25) is 0 Å². The van der Waals surface area contributed by atoms with Crippen LogP contribution in [0.4, 0.5) is 4.39 Å². The molecule has 3 rings (SSSR count). The lowest BCUT2D eigenvalue weighted by Crippen LogP contribution is -2.43. The molecule has 1 aromatic carbocycles. The summed E-state index contributed by atoms with van der Waals surface area (Å²) in [6, 6.07) is 9.05. The van der Waals surface area contributed by atoms with Crippen LogP contribution in [0.5, 0.6) is 0 Å². The fourth-order valence-electron chi connectivity index (χ4n) is 2.53. The maximum absolute atomic E-state index is 13.0. The summed E-state index contributed by atoms with van der Waals surface area (Å²) in [5.74, 6) is 0.134. The van der Waals surface area contributed by atoms with Crippen molar-refractivity contribution in [1.29, 1.82) is 0 Å². The van der Waals surface area contributed by atoms with Gasteiger partial charge in [-0.3, -0.25) is 10.1 Å². The van der Waals surface area contributed by atoms with E-state index < -0.39 is 16.8 Å². The number of nitrogens with one attached hydrogen (secondary N) is 1. The topological polar surface area (TPSA) is 62.5 Å². The fraction of sp³-hybridized carbons (Fsp3) is 0.312. The number of hydrogen-bond donors (Lipinski definition) is 2. The normalized spacial score (nSPS) is 23.6. The Hall–Kier alpha value is -1.79. The van der Waals surface area contributed by atoms with Gasteiger partial charge in [-0.15, -0.1) is 11.8 Å². The van der Waals surface area contributed by atoms with E-state index in [0.29, 0.717) is 11.5 Å². The Labute approximate surface area is 131 Å². The maximum atomic E-state index is 13.0. The highest BCUT2D eigenvalue weighted by Gasteiger charge is 2.46. The van der Waals surface area contributed by atoms with E-state index in [2.05, 4.69) is 5.32 Å². The van der Waals surface area contributed by atoms with Crippen molar-refractivity contribution in [2.24, 2.45) is 0 Å². The Morgan fingerprint density at radius 1 is 1.27 bits per heavy atom. The zero-order valence-electron chi connectivity index (χ0n) is 12.2. The molecular formula is C16H16FNO3S. The lowest BCUT2D eigenvalue weighted by molar-refractivity contribution is -0.139. The van der Waals surface area contributed by atoms with E-state index in [9.17, 15) is 14.3 Å². The molecule has 0 saturated carbocycles. The molecule has 1 fully saturated rings. The highest BCUT2D eigenvalue weighted by Crippen LogP contribution is 2.46. The SMILES string of the molecule is CC1(C)SC(c2ccc(-c3ccc(F)cc3)o2)NC1C(=O)O. The summed E-state index contributed by atoms with van der Waals surface area (Å²) < 4.78 is 18.3. The largest absolute Gasteiger partial charge is 0.480 e. The Bertz CT molecular complexity index is 696. The molecule has 0 aliphatic carbocycles. The second-order valence-corrected chi connectivity index (χ2v) is 7.51. The average Bonchev–Trinajstić information content (AvgIpc) is 3.03. The van der Waals surface area contributed by atoms with Gasteiger partial charge in [0.15, 0.2) is 0 Å². The molecule has 6 heteroatoms. The number of carboxylic acid groups (broad SMARTS) is 1. The van der Waals surface area contributed by atoms with Crippen LogP contribution in [0.1, 0.15) is 25.0 Å². The molecule has 0 spiro atoms. The molecule has 1 saturated heterocycles. The van der Waals surface area contributed by atoms with Crippen LogP contribution in [0.15, 0.2) is 40.8 Å². The maximum Gasteiger partial charge on any atom is 0.322 e. The average molecular weight is 321 g/mol. The van der Waals surface area contributed by atoms with Crippen molar-refractivity contribution >= 4 is 17.7 Å².